The van der Waals surface area contributed by atoms with E-state index in [1.807, 2.05) is 31.2 Å². The second-order valence-corrected chi connectivity index (χ2v) is 6.53. The number of hydrogen-bond acceptors (Lipinski definition) is 5. The lowest BCUT2D eigenvalue weighted by molar-refractivity contribution is 0.403. The third kappa shape index (κ3) is 3.20. The second-order valence-electron chi connectivity index (χ2n) is 4.57. The van der Waals surface area contributed by atoms with Crippen molar-refractivity contribution in [3.8, 4) is 10.6 Å². The average Bonchev–Trinajstić information content (AvgIpc) is 2.96. The maximum Gasteiger partial charge on any atom is 0.234 e. The van der Waals surface area contributed by atoms with Crippen LogP contribution in [0.5, 0.6) is 0 Å². The number of rotatable bonds is 5. The van der Waals surface area contributed by atoms with Crippen molar-refractivity contribution in [1.82, 2.24) is 19.3 Å². The molecule has 0 spiro atoms. The summed E-state index contributed by atoms with van der Waals surface area (Å²) in [6.07, 6.45) is 3.49. The van der Waals surface area contributed by atoms with E-state index in [0.717, 1.165) is 26.6 Å². The van der Waals surface area contributed by atoms with Gasteiger partial charge in [0.25, 0.3) is 0 Å². The zero-order chi connectivity index (χ0) is 15.5. The molecule has 0 aliphatic heterocycles. The third-order valence-corrected chi connectivity index (χ3v) is 4.98. The number of nitrogens with zero attached hydrogens (tertiary/aromatic N) is 4. The first-order chi connectivity index (χ1) is 10.7. The highest BCUT2D eigenvalue weighted by Gasteiger charge is 2.12. The summed E-state index contributed by atoms with van der Waals surface area (Å²) in [6.45, 7) is 2.64. The van der Waals surface area contributed by atoms with Crippen molar-refractivity contribution in [2.24, 2.45) is 0 Å². The molecular weight excluding hydrogens is 320 g/mol. The van der Waals surface area contributed by atoms with Crippen molar-refractivity contribution in [1.29, 1.82) is 0 Å². The first kappa shape index (κ1) is 15.2. The highest BCUT2D eigenvalue weighted by atomic mass is 32.2. The van der Waals surface area contributed by atoms with Crippen molar-refractivity contribution < 1.29 is 8.76 Å². The van der Waals surface area contributed by atoms with Crippen LogP contribution < -0.4 is 0 Å². The van der Waals surface area contributed by atoms with Crippen LogP contribution in [0.15, 0.2) is 36.7 Å². The Bertz CT molecular complexity index is 807. The van der Waals surface area contributed by atoms with Crippen LogP contribution in [-0.4, -0.2) is 34.6 Å². The van der Waals surface area contributed by atoms with Crippen LogP contribution in [-0.2, 0) is 17.8 Å². The van der Waals surface area contributed by atoms with Crippen LogP contribution in [0.1, 0.15) is 12.6 Å². The van der Waals surface area contributed by atoms with Crippen LogP contribution >= 0.6 is 11.3 Å². The van der Waals surface area contributed by atoms with Crippen molar-refractivity contribution in [3.05, 3.63) is 42.4 Å². The van der Waals surface area contributed by atoms with E-state index in [1.54, 1.807) is 12.4 Å². The summed E-state index contributed by atoms with van der Waals surface area (Å²) in [4.78, 5) is 14.0. The van der Waals surface area contributed by atoms with E-state index >= 15 is 0 Å². The molecule has 0 bridgehead atoms. The van der Waals surface area contributed by atoms with Crippen LogP contribution in [0.25, 0.3) is 20.9 Å². The number of aromatic nitrogens is 3. The van der Waals surface area contributed by atoms with Gasteiger partial charge in [0.1, 0.15) is 15.4 Å². The Kier molecular flexibility index (Phi) is 4.53. The quantitative estimate of drug-likeness (QED) is 0.726. The number of thiazole rings is 1. The minimum absolute atomic E-state index is 0.329. The van der Waals surface area contributed by atoms with E-state index in [1.165, 1.54) is 15.6 Å². The fourth-order valence-electron chi connectivity index (χ4n) is 2.01. The van der Waals surface area contributed by atoms with Crippen LogP contribution in [0.2, 0.25) is 0 Å². The summed E-state index contributed by atoms with van der Waals surface area (Å²) in [6, 6.07) is 7.56. The van der Waals surface area contributed by atoms with Gasteiger partial charge in [-0.05, 0) is 24.3 Å². The molecule has 1 N–H and O–H groups in total. The SMILES string of the molecule is CCN(Cc1ccc2nc(-c3cccnc3)sc2n1)S(=O)O. The maximum absolute atomic E-state index is 11.2. The predicted octanol–water partition coefficient (Wildman–Crippen LogP) is 2.71. The monoisotopic (exact) mass is 334 g/mol. The molecule has 22 heavy (non-hydrogen) atoms. The summed E-state index contributed by atoms with van der Waals surface area (Å²) in [7, 11) is 0. The number of hydrogen-bond donors (Lipinski definition) is 1. The molecule has 8 heteroatoms. The Morgan fingerprint density at radius 3 is 2.86 bits per heavy atom. The molecule has 0 radical (unpaired) electrons. The minimum Gasteiger partial charge on any atom is -0.294 e. The molecule has 1 atom stereocenters. The molecule has 0 fully saturated rings. The van der Waals surface area contributed by atoms with Gasteiger partial charge in [-0.25, -0.2) is 14.2 Å². The highest BCUT2D eigenvalue weighted by molar-refractivity contribution is 7.76. The van der Waals surface area contributed by atoms with Gasteiger partial charge in [-0.1, -0.05) is 18.3 Å². The first-order valence-corrected chi connectivity index (χ1v) is 8.58. The van der Waals surface area contributed by atoms with Crippen molar-refractivity contribution in [3.63, 3.8) is 0 Å². The fourth-order valence-corrected chi connectivity index (χ4v) is 3.42. The average molecular weight is 334 g/mol. The van der Waals surface area contributed by atoms with E-state index in [0.29, 0.717) is 13.1 Å². The normalized spacial score (nSPS) is 12.9. The smallest absolute Gasteiger partial charge is 0.234 e. The lowest BCUT2D eigenvalue weighted by Crippen LogP contribution is -2.25. The van der Waals surface area contributed by atoms with Gasteiger partial charge in [0.2, 0.25) is 11.3 Å². The van der Waals surface area contributed by atoms with Gasteiger partial charge in [0, 0.05) is 24.5 Å². The third-order valence-electron chi connectivity index (χ3n) is 3.13. The summed E-state index contributed by atoms with van der Waals surface area (Å²) < 4.78 is 21.8. The standard InChI is InChI=1S/C14H14N4O2S2/c1-2-18(22(19)20)9-11-5-6-12-14(16-11)21-13(17-12)10-4-3-7-15-8-10/h3-8H,2,9H2,1H3,(H,19,20). The van der Waals surface area contributed by atoms with Crippen LogP contribution in [0.3, 0.4) is 0 Å². The minimum atomic E-state index is -1.99. The highest BCUT2D eigenvalue weighted by Crippen LogP contribution is 2.28. The molecule has 3 aromatic heterocycles. The predicted molar refractivity (Wildman–Crippen MR) is 87.5 cm³/mol. The molecule has 0 aliphatic rings. The van der Waals surface area contributed by atoms with E-state index in [9.17, 15) is 8.76 Å². The molecule has 0 amide bonds. The molecule has 3 aromatic rings. The fraction of sp³-hybridized carbons (Fsp3) is 0.214. The van der Waals surface area contributed by atoms with E-state index in [2.05, 4.69) is 15.0 Å². The molecule has 114 valence electrons. The van der Waals surface area contributed by atoms with Gasteiger partial charge in [0.15, 0.2) is 0 Å². The maximum atomic E-state index is 11.2. The molecule has 0 aliphatic carbocycles. The Hall–Kier alpha value is -1.74. The van der Waals surface area contributed by atoms with E-state index < -0.39 is 11.3 Å². The first-order valence-electron chi connectivity index (χ1n) is 6.70. The summed E-state index contributed by atoms with van der Waals surface area (Å²) in [5.74, 6) is 0. The molecule has 0 saturated heterocycles. The summed E-state index contributed by atoms with van der Waals surface area (Å²) in [5, 5.41) is 0.867. The number of pyridine rings is 2. The Morgan fingerprint density at radius 2 is 2.18 bits per heavy atom. The molecule has 1 unspecified atom stereocenters. The van der Waals surface area contributed by atoms with Crippen molar-refractivity contribution in [2.45, 2.75) is 13.5 Å². The Labute approximate surface area is 134 Å². The Morgan fingerprint density at radius 1 is 1.32 bits per heavy atom. The summed E-state index contributed by atoms with van der Waals surface area (Å²) in [5.41, 5.74) is 2.53. The Balaban J connectivity index is 1.92. The molecular formula is C14H14N4O2S2. The largest absolute Gasteiger partial charge is 0.294 e. The molecule has 0 saturated carbocycles. The van der Waals surface area contributed by atoms with Gasteiger partial charge in [0.05, 0.1) is 12.2 Å². The van der Waals surface area contributed by atoms with Gasteiger partial charge in [-0.2, -0.15) is 4.31 Å². The van der Waals surface area contributed by atoms with Crippen molar-refractivity contribution >= 4 is 33.0 Å². The zero-order valence-corrected chi connectivity index (χ0v) is 13.5. The van der Waals surface area contributed by atoms with Gasteiger partial charge in [-0.3, -0.25) is 9.54 Å². The van der Waals surface area contributed by atoms with Gasteiger partial charge in [-0.15, -0.1) is 0 Å². The zero-order valence-electron chi connectivity index (χ0n) is 11.8. The van der Waals surface area contributed by atoms with Crippen molar-refractivity contribution in [2.75, 3.05) is 6.54 Å². The second kappa shape index (κ2) is 6.57. The van der Waals surface area contributed by atoms with Crippen LogP contribution in [0.4, 0.5) is 0 Å². The van der Waals surface area contributed by atoms with Gasteiger partial charge >= 0.3 is 0 Å². The van der Waals surface area contributed by atoms with E-state index in [4.69, 9.17) is 0 Å². The summed E-state index contributed by atoms with van der Waals surface area (Å²) >= 11 is -0.501. The lowest BCUT2D eigenvalue weighted by atomic mass is 10.3. The van der Waals surface area contributed by atoms with Crippen LogP contribution in [0, 0.1) is 0 Å². The lowest BCUT2D eigenvalue weighted by Gasteiger charge is -2.14. The van der Waals surface area contributed by atoms with Gasteiger partial charge < -0.3 is 0 Å². The topological polar surface area (TPSA) is 79.2 Å². The molecule has 3 rings (SSSR count). The molecule has 6 nitrogen and oxygen atoms in total. The number of fused-ring (bicyclic) bond motifs is 1. The molecule has 0 aromatic carbocycles. The van der Waals surface area contributed by atoms with E-state index in [-0.39, 0.29) is 0 Å². The molecule has 3 heterocycles.